The third-order valence-electron chi connectivity index (χ3n) is 7.40. The van der Waals surface area contributed by atoms with E-state index in [-0.39, 0.29) is 5.92 Å². The Balaban J connectivity index is 1.03. The number of anilines is 1. The van der Waals surface area contributed by atoms with Gasteiger partial charge >= 0.3 is 0 Å². The summed E-state index contributed by atoms with van der Waals surface area (Å²) >= 11 is 0. The molecule has 2 saturated heterocycles. The summed E-state index contributed by atoms with van der Waals surface area (Å²) in [6.07, 6.45) is 6.95. The number of piperazine rings is 1. The van der Waals surface area contributed by atoms with Gasteiger partial charge in [0.2, 0.25) is 18.6 Å². The Kier molecular flexibility index (Phi) is 5.54. The number of aromatic nitrogens is 2. The van der Waals surface area contributed by atoms with Gasteiger partial charge in [-0.05, 0) is 55.4 Å². The van der Waals surface area contributed by atoms with E-state index in [4.69, 9.17) is 14.5 Å². The van der Waals surface area contributed by atoms with Crippen LogP contribution in [0.3, 0.4) is 0 Å². The number of benzene rings is 1. The zero-order valence-corrected chi connectivity index (χ0v) is 19.0. The summed E-state index contributed by atoms with van der Waals surface area (Å²) in [6.45, 7) is 6.65. The van der Waals surface area contributed by atoms with E-state index in [2.05, 4.69) is 31.8 Å². The van der Waals surface area contributed by atoms with Crippen molar-refractivity contribution >= 4 is 11.9 Å². The van der Waals surface area contributed by atoms with Crippen molar-refractivity contribution in [3.63, 3.8) is 0 Å². The molecule has 0 unspecified atom stereocenters. The normalized spacial score (nSPS) is 22.5. The molecule has 0 spiro atoms. The van der Waals surface area contributed by atoms with Gasteiger partial charge < -0.3 is 19.3 Å². The molecule has 6 rings (SSSR count). The second-order valence-electron chi connectivity index (χ2n) is 9.56. The fourth-order valence-electron chi connectivity index (χ4n) is 5.46. The zero-order valence-electron chi connectivity index (χ0n) is 19.0. The van der Waals surface area contributed by atoms with E-state index >= 15 is 0 Å². The monoisotopic (exact) mass is 449 g/mol. The molecule has 174 valence electrons. The largest absolute Gasteiger partial charge is 0.454 e. The average Bonchev–Trinajstić information content (AvgIpc) is 3.56. The molecule has 2 aromatic rings. The maximum absolute atomic E-state index is 13.3. The molecule has 1 aromatic heterocycles. The summed E-state index contributed by atoms with van der Waals surface area (Å²) in [5.41, 5.74) is 3.52. The van der Waals surface area contributed by atoms with Gasteiger partial charge in [-0.3, -0.25) is 9.69 Å². The first kappa shape index (κ1) is 20.7. The fourth-order valence-corrected chi connectivity index (χ4v) is 5.46. The lowest BCUT2D eigenvalue weighted by atomic mass is 9.86. The molecule has 33 heavy (non-hydrogen) atoms. The smallest absolute Gasteiger partial charge is 0.231 e. The molecule has 3 aliphatic heterocycles. The fraction of sp³-hybridized carbons (Fsp3) is 0.560. The molecule has 1 amide bonds. The maximum Gasteiger partial charge on any atom is 0.231 e. The van der Waals surface area contributed by atoms with Gasteiger partial charge in [0.1, 0.15) is 0 Å². The van der Waals surface area contributed by atoms with Crippen molar-refractivity contribution in [3.05, 3.63) is 41.2 Å². The second kappa shape index (κ2) is 8.82. The van der Waals surface area contributed by atoms with E-state index in [9.17, 15) is 4.79 Å². The van der Waals surface area contributed by atoms with Crippen LogP contribution in [0.4, 0.5) is 5.95 Å². The quantitative estimate of drug-likeness (QED) is 0.709. The molecule has 0 radical (unpaired) electrons. The van der Waals surface area contributed by atoms with Crippen LogP contribution in [0.15, 0.2) is 24.4 Å². The highest BCUT2D eigenvalue weighted by Crippen LogP contribution is 2.33. The van der Waals surface area contributed by atoms with Crippen LogP contribution in [0.1, 0.15) is 36.1 Å². The van der Waals surface area contributed by atoms with Crippen LogP contribution in [0, 0.1) is 5.92 Å². The van der Waals surface area contributed by atoms with Crippen molar-refractivity contribution in [2.45, 2.75) is 38.6 Å². The molecule has 4 heterocycles. The summed E-state index contributed by atoms with van der Waals surface area (Å²) < 4.78 is 10.9. The zero-order chi connectivity index (χ0) is 22.2. The number of nitrogens with zero attached hydrogens (tertiary/aromatic N) is 5. The predicted molar refractivity (Wildman–Crippen MR) is 123 cm³/mol. The van der Waals surface area contributed by atoms with Gasteiger partial charge in [-0.15, -0.1) is 0 Å². The van der Waals surface area contributed by atoms with Crippen LogP contribution < -0.4 is 14.4 Å². The molecule has 2 fully saturated rings. The van der Waals surface area contributed by atoms with Crippen LogP contribution in [0.2, 0.25) is 0 Å². The molecule has 8 nitrogen and oxygen atoms in total. The summed E-state index contributed by atoms with van der Waals surface area (Å²) in [5, 5.41) is 0. The standard InChI is InChI=1S/C25H31N5O3/c31-24(19-4-5-21-20(14-19)15-26-25(27-21)30-7-1-2-8-30)29-11-9-28(10-12-29)16-18-3-6-22-23(13-18)33-17-32-22/h3,6,13,15,19H,1-2,4-5,7-12,14,16-17H2/t19-/m0/s1. The molecule has 0 bridgehead atoms. The van der Waals surface area contributed by atoms with E-state index < -0.39 is 0 Å². The molecule has 1 aliphatic carbocycles. The van der Waals surface area contributed by atoms with E-state index in [0.29, 0.717) is 12.7 Å². The van der Waals surface area contributed by atoms with Crippen LogP contribution in [-0.4, -0.2) is 71.7 Å². The molecule has 4 aliphatic rings. The van der Waals surface area contributed by atoms with E-state index in [1.165, 1.54) is 18.4 Å². The van der Waals surface area contributed by atoms with Gasteiger partial charge in [-0.25, -0.2) is 9.97 Å². The van der Waals surface area contributed by atoms with Gasteiger partial charge in [0.25, 0.3) is 0 Å². The Morgan fingerprint density at radius 2 is 1.85 bits per heavy atom. The summed E-state index contributed by atoms with van der Waals surface area (Å²) in [5.74, 6) is 2.87. The Morgan fingerprint density at radius 3 is 2.70 bits per heavy atom. The number of rotatable bonds is 4. The first-order chi connectivity index (χ1) is 16.2. The van der Waals surface area contributed by atoms with Crippen molar-refractivity contribution in [2.24, 2.45) is 5.92 Å². The lowest BCUT2D eigenvalue weighted by Crippen LogP contribution is -2.50. The van der Waals surface area contributed by atoms with Crippen LogP contribution >= 0.6 is 0 Å². The molecule has 1 atom stereocenters. The number of hydrogen-bond acceptors (Lipinski definition) is 7. The van der Waals surface area contributed by atoms with Crippen molar-refractivity contribution in [1.82, 2.24) is 19.8 Å². The number of fused-ring (bicyclic) bond motifs is 2. The molecule has 0 N–H and O–H groups in total. The van der Waals surface area contributed by atoms with E-state index in [1.54, 1.807) is 0 Å². The van der Waals surface area contributed by atoms with Crippen LogP contribution in [0.25, 0.3) is 0 Å². The SMILES string of the molecule is O=C([C@H]1CCc2nc(N3CCCC3)ncc2C1)N1CCN(Cc2ccc3c(c2)OCO3)CC1. The molecule has 1 aromatic carbocycles. The Morgan fingerprint density at radius 1 is 1.03 bits per heavy atom. The van der Waals surface area contributed by atoms with E-state index in [0.717, 1.165) is 93.8 Å². The van der Waals surface area contributed by atoms with Gasteiger partial charge in [0, 0.05) is 63.6 Å². The molecule has 8 heteroatoms. The van der Waals surface area contributed by atoms with Crippen molar-refractivity contribution in [2.75, 3.05) is 51.0 Å². The second-order valence-corrected chi connectivity index (χ2v) is 9.56. The Hall–Kier alpha value is -2.87. The number of hydrogen-bond donors (Lipinski definition) is 0. The molecular weight excluding hydrogens is 418 g/mol. The third-order valence-corrected chi connectivity index (χ3v) is 7.40. The first-order valence-electron chi connectivity index (χ1n) is 12.2. The van der Waals surface area contributed by atoms with Crippen molar-refractivity contribution in [1.29, 1.82) is 0 Å². The number of ether oxygens (including phenoxy) is 2. The highest BCUT2D eigenvalue weighted by atomic mass is 16.7. The lowest BCUT2D eigenvalue weighted by Gasteiger charge is -2.37. The van der Waals surface area contributed by atoms with Crippen molar-refractivity contribution < 1.29 is 14.3 Å². The number of amides is 1. The number of aryl methyl sites for hydroxylation is 1. The van der Waals surface area contributed by atoms with E-state index in [1.807, 2.05) is 12.3 Å². The minimum atomic E-state index is 0.0548. The first-order valence-corrected chi connectivity index (χ1v) is 12.2. The Labute approximate surface area is 194 Å². The minimum absolute atomic E-state index is 0.0548. The lowest BCUT2D eigenvalue weighted by molar-refractivity contribution is -0.137. The topological polar surface area (TPSA) is 71.0 Å². The maximum atomic E-state index is 13.3. The predicted octanol–water partition coefficient (Wildman–Crippen LogP) is 2.25. The summed E-state index contributed by atoms with van der Waals surface area (Å²) in [6, 6.07) is 6.15. The molecular formula is C25H31N5O3. The van der Waals surface area contributed by atoms with Gasteiger partial charge in [0.05, 0.1) is 0 Å². The summed E-state index contributed by atoms with van der Waals surface area (Å²) in [7, 11) is 0. The Bertz CT molecular complexity index is 1030. The van der Waals surface area contributed by atoms with Crippen molar-refractivity contribution in [3.8, 4) is 11.5 Å². The third kappa shape index (κ3) is 4.24. The number of carbonyl (C=O) groups is 1. The highest BCUT2D eigenvalue weighted by molar-refractivity contribution is 5.79. The summed E-state index contributed by atoms with van der Waals surface area (Å²) in [4.78, 5) is 29.5. The van der Waals surface area contributed by atoms with Crippen LogP contribution in [-0.2, 0) is 24.2 Å². The number of carbonyl (C=O) groups excluding carboxylic acids is 1. The molecule has 0 saturated carbocycles. The van der Waals surface area contributed by atoms with Gasteiger partial charge in [0.15, 0.2) is 11.5 Å². The minimum Gasteiger partial charge on any atom is -0.454 e. The van der Waals surface area contributed by atoms with Crippen LogP contribution in [0.5, 0.6) is 11.5 Å². The van der Waals surface area contributed by atoms with Gasteiger partial charge in [-0.2, -0.15) is 0 Å². The average molecular weight is 450 g/mol. The highest BCUT2D eigenvalue weighted by Gasteiger charge is 2.31. The van der Waals surface area contributed by atoms with Gasteiger partial charge in [-0.1, -0.05) is 6.07 Å².